The molecule has 3 rings (SSSR count). The van der Waals surface area contributed by atoms with Gasteiger partial charge in [0.05, 0.1) is 0 Å². The Morgan fingerprint density at radius 2 is 2.00 bits per heavy atom. The van der Waals surface area contributed by atoms with Crippen molar-refractivity contribution >= 4 is 11.3 Å². The number of hydrogen-bond acceptors (Lipinski definition) is 2. The van der Waals surface area contributed by atoms with Crippen LogP contribution in [0.2, 0.25) is 0 Å². The fourth-order valence-corrected chi connectivity index (χ4v) is 3.52. The van der Waals surface area contributed by atoms with E-state index in [0.717, 1.165) is 19.3 Å². The average molecular weight is 243 g/mol. The van der Waals surface area contributed by atoms with Gasteiger partial charge >= 0.3 is 0 Å². The van der Waals surface area contributed by atoms with Crippen LogP contribution in [0.1, 0.15) is 28.0 Å². The summed E-state index contributed by atoms with van der Waals surface area (Å²) in [6.45, 7) is 2.15. The molecule has 0 fully saturated rings. The number of fused-ring (bicyclic) bond motifs is 1. The third-order valence-electron chi connectivity index (χ3n) is 3.77. The lowest BCUT2D eigenvalue weighted by Crippen LogP contribution is -2.41. The SMILES string of the molecule is Cc1cc(C2(N)CCc3ccccc3C2)cs1. The van der Waals surface area contributed by atoms with Gasteiger partial charge in [-0.1, -0.05) is 24.3 Å². The van der Waals surface area contributed by atoms with Gasteiger partial charge < -0.3 is 5.73 Å². The van der Waals surface area contributed by atoms with Crippen LogP contribution < -0.4 is 5.73 Å². The molecule has 17 heavy (non-hydrogen) atoms. The monoisotopic (exact) mass is 243 g/mol. The predicted octanol–water partition coefficient (Wildman–Crippen LogP) is 3.40. The molecule has 0 radical (unpaired) electrons. The molecule has 0 spiro atoms. The van der Waals surface area contributed by atoms with Gasteiger partial charge in [0, 0.05) is 10.4 Å². The molecule has 2 heteroatoms. The van der Waals surface area contributed by atoms with Gasteiger partial charge in [-0.2, -0.15) is 0 Å². The third-order valence-corrected chi connectivity index (χ3v) is 4.63. The molecule has 0 aliphatic heterocycles. The van der Waals surface area contributed by atoms with Gasteiger partial charge in [-0.3, -0.25) is 0 Å². The van der Waals surface area contributed by atoms with Gasteiger partial charge in [-0.05, 0) is 54.3 Å². The van der Waals surface area contributed by atoms with E-state index in [9.17, 15) is 0 Å². The molecule has 0 bridgehead atoms. The molecule has 1 atom stereocenters. The Hall–Kier alpha value is -1.12. The molecule has 2 N–H and O–H groups in total. The number of thiophene rings is 1. The summed E-state index contributed by atoms with van der Waals surface area (Å²) in [7, 11) is 0. The van der Waals surface area contributed by atoms with Crippen molar-refractivity contribution in [2.24, 2.45) is 5.73 Å². The van der Waals surface area contributed by atoms with E-state index in [1.54, 1.807) is 11.3 Å². The molecule has 0 amide bonds. The second-order valence-electron chi connectivity index (χ2n) is 5.05. The highest BCUT2D eigenvalue weighted by Crippen LogP contribution is 2.36. The van der Waals surface area contributed by atoms with E-state index in [2.05, 4.69) is 42.6 Å². The molecule has 1 aromatic heterocycles. The molecule has 1 aromatic carbocycles. The van der Waals surface area contributed by atoms with Crippen LogP contribution in [0.25, 0.3) is 0 Å². The van der Waals surface area contributed by atoms with Crippen LogP contribution in [-0.2, 0) is 18.4 Å². The largest absolute Gasteiger partial charge is 0.321 e. The van der Waals surface area contributed by atoms with Gasteiger partial charge in [-0.25, -0.2) is 0 Å². The minimum atomic E-state index is -0.154. The smallest absolute Gasteiger partial charge is 0.0462 e. The van der Waals surface area contributed by atoms with Crippen LogP contribution in [0.4, 0.5) is 0 Å². The van der Waals surface area contributed by atoms with Gasteiger partial charge in [0.25, 0.3) is 0 Å². The number of hydrogen-bond donors (Lipinski definition) is 1. The Bertz CT molecular complexity index is 543. The lowest BCUT2D eigenvalue weighted by atomic mass is 9.75. The van der Waals surface area contributed by atoms with Crippen LogP contribution >= 0.6 is 11.3 Å². The van der Waals surface area contributed by atoms with E-state index >= 15 is 0 Å². The molecule has 0 saturated carbocycles. The number of benzene rings is 1. The fraction of sp³-hybridized carbons (Fsp3) is 0.333. The quantitative estimate of drug-likeness (QED) is 0.816. The topological polar surface area (TPSA) is 26.0 Å². The summed E-state index contributed by atoms with van der Waals surface area (Å²) in [6.07, 6.45) is 3.13. The first kappa shape index (κ1) is 11.0. The highest BCUT2D eigenvalue weighted by molar-refractivity contribution is 7.10. The summed E-state index contributed by atoms with van der Waals surface area (Å²) >= 11 is 1.80. The van der Waals surface area contributed by atoms with Crippen LogP contribution in [0.3, 0.4) is 0 Å². The van der Waals surface area contributed by atoms with Gasteiger partial charge in [0.2, 0.25) is 0 Å². The highest BCUT2D eigenvalue weighted by Gasteiger charge is 2.32. The van der Waals surface area contributed by atoms with Crippen molar-refractivity contribution in [3.8, 4) is 0 Å². The summed E-state index contributed by atoms with van der Waals surface area (Å²) in [6, 6.07) is 10.9. The van der Waals surface area contributed by atoms with Crippen molar-refractivity contribution in [3.63, 3.8) is 0 Å². The molecule has 88 valence electrons. The molecule has 2 aromatic rings. The second kappa shape index (κ2) is 3.97. The first-order valence-electron chi connectivity index (χ1n) is 6.09. The zero-order valence-corrected chi connectivity index (χ0v) is 10.9. The molecule has 1 unspecified atom stereocenters. The molecule has 0 saturated heterocycles. The van der Waals surface area contributed by atoms with Crippen LogP contribution in [-0.4, -0.2) is 0 Å². The fourth-order valence-electron chi connectivity index (χ4n) is 2.71. The predicted molar refractivity (Wildman–Crippen MR) is 73.4 cm³/mol. The zero-order valence-electron chi connectivity index (χ0n) is 10.1. The lowest BCUT2D eigenvalue weighted by molar-refractivity contribution is 0.386. The maximum Gasteiger partial charge on any atom is 0.0462 e. The van der Waals surface area contributed by atoms with Crippen molar-refractivity contribution in [2.75, 3.05) is 0 Å². The summed E-state index contributed by atoms with van der Waals surface area (Å²) in [5, 5.41) is 2.23. The maximum atomic E-state index is 6.62. The molecule has 1 aliphatic rings. The normalized spacial score (nSPS) is 23.4. The Labute approximate surface area is 106 Å². The van der Waals surface area contributed by atoms with E-state index in [0.29, 0.717) is 0 Å². The Morgan fingerprint density at radius 1 is 1.24 bits per heavy atom. The van der Waals surface area contributed by atoms with Crippen molar-refractivity contribution < 1.29 is 0 Å². The summed E-state index contributed by atoms with van der Waals surface area (Å²) < 4.78 is 0. The highest BCUT2D eigenvalue weighted by atomic mass is 32.1. The van der Waals surface area contributed by atoms with Crippen molar-refractivity contribution in [2.45, 2.75) is 31.7 Å². The van der Waals surface area contributed by atoms with Gasteiger partial charge in [0.1, 0.15) is 0 Å². The van der Waals surface area contributed by atoms with Crippen molar-refractivity contribution in [3.05, 3.63) is 57.3 Å². The van der Waals surface area contributed by atoms with E-state index in [4.69, 9.17) is 5.73 Å². The van der Waals surface area contributed by atoms with E-state index in [1.807, 2.05) is 0 Å². The van der Waals surface area contributed by atoms with Crippen LogP contribution in [0.5, 0.6) is 0 Å². The maximum absolute atomic E-state index is 6.62. The second-order valence-corrected chi connectivity index (χ2v) is 6.16. The summed E-state index contributed by atoms with van der Waals surface area (Å²) in [4.78, 5) is 1.35. The van der Waals surface area contributed by atoms with Crippen molar-refractivity contribution in [1.82, 2.24) is 0 Å². The first-order valence-corrected chi connectivity index (χ1v) is 6.97. The van der Waals surface area contributed by atoms with E-state index < -0.39 is 0 Å². The standard InChI is InChI=1S/C15H17NS/c1-11-8-14(10-17-11)15(16)7-6-12-4-2-3-5-13(12)9-15/h2-5,8,10H,6-7,9,16H2,1H3. The Balaban J connectivity index is 1.97. The molecule has 1 heterocycles. The summed E-state index contributed by atoms with van der Waals surface area (Å²) in [5.74, 6) is 0. The summed E-state index contributed by atoms with van der Waals surface area (Å²) in [5.41, 5.74) is 10.7. The number of aryl methyl sites for hydroxylation is 2. The Morgan fingerprint density at radius 3 is 2.71 bits per heavy atom. The lowest BCUT2D eigenvalue weighted by Gasteiger charge is -2.34. The van der Waals surface area contributed by atoms with Crippen LogP contribution in [0.15, 0.2) is 35.7 Å². The molecule has 1 aliphatic carbocycles. The van der Waals surface area contributed by atoms with Gasteiger partial charge in [-0.15, -0.1) is 11.3 Å². The molecular formula is C15H17NS. The van der Waals surface area contributed by atoms with Crippen molar-refractivity contribution in [1.29, 1.82) is 0 Å². The number of nitrogens with two attached hydrogens (primary N) is 1. The zero-order chi connectivity index (χ0) is 11.9. The van der Waals surface area contributed by atoms with Crippen LogP contribution in [0, 0.1) is 6.92 Å². The minimum Gasteiger partial charge on any atom is -0.321 e. The average Bonchev–Trinajstić information content (AvgIpc) is 2.76. The Kier molecular flexibility index (Phi) is 2.57. The van der Waals surface area contributed by atoms with E-state index in [1.165, 1.54) is 21.6 Å². The minimum absolute atomic E-state index is 0.154. The first-order chi connectivity index (χ1) is 8.17. The van der Waals surface area contributed by atoms with E-state index in [-0.39, 0.29) is 5.54 Å². The molecular weight excluding hydrogens is 226 g/mol. The third kappa shape index (κ3) is 1.92. The number of rotatable bonds is 1. The van der Waals surface area contributed by atoms with Gasteiger partial charge in [0.15, 0.2) is 0 Å². The molecule has 1 nitrogen and oxygen atoms in total.